The van der Waals surface area contributed by atoms with Gasteiger partial charge in [0.1, 0.15) is 6.33 Å². The van der Waals surface area contributed by atoms with E-state index in [0.717, 1.165) is 15.8 Å². The van der Waals surface area contributed by atoms with Crippen LogP contribution in [0.3, 0.4) is 0 Å². The molecular formula is C15H14N4O2S. The maximum Gasteiger partial charge on any atom is 0.167 e. The molecule has 2 N–H and O–H groups in total. The van der Waals surface area contributed by atoms with Crippen molar-refractivity contribution < 1.29 is 9.84 Å². The number of aromatic nitrogens is 2. The number of phenols is 1. The van der Waals surface area contributed by atoms with E-state index in [4.69, 9.17) is 4.74 Å². The Hall–Kier alpha value is -2.67. The number of hydrogen-bond donors (Lipinski definition) is 2. The lowest BCUT2D eigenvalue weighted by Crippen LogP contribution is -1.95. The van der Waals surface area contributed by atoms with Crippen LogP contribution >= 0.6 is 11.3 Å². The van der Waals surface area contributed by atoms with Crippen molar-refractivity contribution in [3.8, 4) is 11.5 Å². The van der Waals surface area contributed by atoms with E-state index in [2.05, 4.69) is 20.5 Å². The smallest absolute Gasteiger partial charge is 0.167 e. The highest BCUT2D eigenvalue weighted by Gasteiger charge is 2.08. The van der Waals surface area contributed by atoms with E-state index in [1.54, 1.807) is 29.5 Å². The molecule has 2 aromatic heterocycles. The monoisotopic (exact) mass is 314 g/mol. The quantitative estimate of drug-likeness (QED) is 0.571. The minimum atomic E-state index is 0.0513. The van der Waals surface area contributed by atoms with Crippen molar-refractivity contribution in [2.24, 2.45) is 5.10 Å². The lowest BCUT2D eigenvalue weighted by Gasteiger charge is -2.05. The van der Waals surface area contributed by atoms with Gasteiger partial charge in [0.15, 0.2) is 17.3 Å². The molecule has 3 rings (SSSR count). The van der Waals surface area contributed by atoms with E-state index >= 15 is 0 Å². The summed E-state index contributed by atoms with van der Waals surface area (Å²) in [4.78, 5) is 8.45. The molecule has 2 heterocycles. The summed E-state index contributed by atoms with van der Waals surface area (Å²) >= 11 is 1.57. The Kier molecular flexibility index (Phi) is 3.88. The lowest BCUT2D eigenvalue weighted by molar-refractivity contribution is 0.373. The number of nitrogens with one attached hydrogen (secondary N) is 1. The van der Waals surface area contributed by atoms with Gasteiger partial charge in [-0.15, -0.1) is 11.3 Å². The summed E-state index contributed by atoms with van der Waals surface area (Å²) < 4.78 is 6.01. The average Bonchev–Trinajstić information content (AvgIpc) is 2.91. The number of para-hydroxylation sites is 1. The maximum absolute atomic E-state index is 9.99. The van der Waals surface area contributed by atoms with Gasteiger partial charge in [-0.3, -0.25) is 5.43 Å². The van der Waals surface area contributed by atoms with E-state index in [1.807, 2.05) is 12.3 Å². The molecule has 0 aliphatic rings. The Bertz CT molecular complexity index is 845. The Morgan fingerprint density at radius 2 is 2.23 bits per heavy atom. The molecule has 0 radical (unpaired) electrons. The number of thiophene rings is 1. The predicted octanol–water partition coefficient (Wildman–Crippen LogP) is 3.16. The second-order valence-corrected chi connectivity index (χ2v) is 5.47. The zero-order valence-electron chi connectivity index (χ0n) is 12.1. The first-order valence-electron chi connectivity index (χ1n) is 6.54. The largest absolute Gasteiger partial charge is 0.504 e. The lowest BCUT2D eigenvalue weighted by atomic mass is 10.2. The van der Waals surface area contributed by atoms with Crippen molar-refractivity contribution in [1.82, 2.24) is 9.97 Å². The van der Waals surface area contributed by atoms with Crippen LogP contribution in [-0.2, 0) is 0 Å². The Morgan fingerprint density at radius 3 is 3.05 bits per heavy atom. The molecule has 0 spiro atoms. The fourth-order valence-electron chi connectivity index (χ4n) is 2.02. The zero-order valence-corrected chi connectivity index (χ0v) is 12.9. The van der Waals surface area contributed by atoms with Crippen LogP contribution in [0.25, 0.3) is 10.2 Å². The molecule has 0 unspecified atom stereocenters. The highest BCUT2D eigenvalue weighted by Crippen LogP contribution is 2.29. The SMILES string of the molecule is COc1cccc(/C=N/Nc2ncnc3c(C)csc23)c1O. The number of ether oxygens (including phenoxy) is 1. The van der Waals surface area contributed by atoms with Crippen LogP contribution in [0.1, 0.15) is 11.1 Å². The summed E-state index contributed by atoms with van der Waals surface area (Å²) in [5, 5.41) is 16.2. The van der Waals surface area contributed by atoms with Crippen LogP contribution in [-0.4, -0.2) is 28.4 Å². The molecule has 0 amide bonds. The molecule has 0 saturated carbocycles. The molecule has 0 saturated heterocycles. The molecule has 0 aliphatic carbocycles. The van der Waals surface area contributed by atoms with E-state index in [9.17, 15) is 5.11 Å². The maximum atomic E-state index is 9.99. The molecular weight excluding hydrogens is 300 g/mol. The van der Waals surface area contributed by atoms with Gasteiger partial charge in [0.25, 0.3) is 0 Å². The number of hydrazone groups is 1. The predicted molar refractivity (Wildman–Crippen MR) is 88.0 cm³/mol. The third-order valence-electron chi connectivity index (χ3n) is 3.16. The summed E-state index contributed by atoms with van der Waals surface area (Å²) in [5.74, 6) is 1.10. The van der Waals surface area contributed by atoms with Gasteiger partial charge in [-0.1, -0.05) is 6.07 Å². The van der Waals surface area contributed by atoms with Gasteiger partial charge in [-0.25, -0.2) is 9.97 Å². The normalized spacial score (nSPS) is 11.2. The number of benzene rings is 1. The van der Waals surface area contributed by atoms with Gasteiger partial charge in [-0.2, -0.15) is 5.10 Å². The number of aromatic hydroxyl groups is 1. The molecule has 7 heteroatoms. The van der Waals surface area contributed by atoms with Crippen molar-refractivity contribution in [2.45, 2.75) is 6.92 Å². The number of hydrogen-bond acceptors (Lipinski definition) is 7. The number of rotatable bonds is 4. The van der Waals surface area contributed by atoms with Crippen molar-refractivity contribution >= 4 is 33.6 Å². The van der Waals surface area contributed by atoms with E-state index < -0.39 is 0 Å². The van der Waals surface area contributed by atoms with E-state index in [1.165, 1.54) is 19.7 Å². The average molecular weight is 314 g/mol. The number of nitrogens with zero attached hydrogens (tertiary/aromatic N) is 3. The van der Waals surface area contributed by atoms with Crippen LogP contribution in [0.2, 0.25) is 0 Å². The second kappa shape index (κ2) is 5.98. The minimum Gasteiger partial charge on any atom is -0.504 e. The molecule has 0 atom stereocenters. The van der Waals surface area contributed by atoms with Crippen LogP contribution in [0, 0.1) is 6.92 Å². The fraction of sp³-hybridized carbons (Fsp3) is 0.133. The van der Waals surface area contributed by atoms with Gasteiger partial charge in [0.2, 0.25) is 0 Å². The summed E-state index contributed by atoms with van der Waals surface area (Å²) in [7, 11) is 1.50. The Balaban J connectivity index is 1.85. The summed E-state index contributed by atoms with van der Waals surface area (Å²) in [6, 6.07) is 5.21. The van der Waals surface area contributed by atoms with Crippen LogP contribution < -0.4 is 10.2 Å². The molecule has 3 aromatic rings. The number of anilines is 1. The molecule has 0 bridgehead atoms. The first-order valence-corrected chi connectivity index (χ1v) is 7.42. The number of fused-ring (bicyclic) bond motifs is 1. The molecule has 22 heavy (non-hydrogen) atoms. The molecule has 112 valence electrons. The van der Waals surface area contributed by atoms with Gasteiger partial charge in [-0.05, 0) is 30.0 Å². The van der Waals surface area contributed by atoms with Gasteiger partial charge >= 0.3 is 0 Å². The number of aryl methyl sites for hydroxylation is 1. The van der Waals surface area contributed by atoms with Crippen molar-refractivity contribution in [3.05, 3.63) is 41.0 Å². The highest BCUT2D eigenvalue weighted by atomic mass is 32.1. The number of phenolic OH excluding ortho intramolecular Hbond substituents is 1. The molecule has 0 aliphatic heterocycles. The van der Waals surface area contributed by atoms with Crippen molar-refractivity contribution in [3.63, 3.8) is 0 Å². The van der Waals surface area contributed by atoms with Crippen molar-refractivity contribution in [1.29, 1.82) is 0 Å². The summed E-state index contributed by atoms with van der Waals surface area (Å²) in [6.45, 7) is 2.01. The first kappa shape index (κ1) is 14.3. The number of methoxy groups -OCH3 is 1. The fourth-order valence-corrected chi connectivity index (χ4v) is 2.96. The summed E-state index contributed by atoms with van der Waals surface area (Å²) in [6.07, 6.45) is 3.02. The Labute approximate surface area is 131 Å². The van der Waals surface area contributed by atoms with Crippen LogP contribution in [0.4, 0.5) is 5.82 Å². The van der Waals surface area contributed by atoms with E-state index in [0.29, 0.717) is 17.1 Å². The van der Waals surface area contributed by atoms with Crippen LogP contribution in [0.15, 0.2) is 35.0 Å². The topological polar surface area (TPSA) is 79.6 Å². The second-order valence-electron chi connectivity index (χ2n) is 4.59. The minimum absolute atomic E-state index is 0.0513. The third kappa shape index (κ3) is 2.58. The standard InChI is InChI=1S/C15H14N4O2S/c1-9-7-22-14-12(9)16-8-17-15(14)19-18-6-10-4-3-5-11(21-2)13(10)20/h3-8,20H,1-2H3,(H,16,17,19)/b18-6+. The summed E-state index contributed by atoms with van der Waals surface area (Å²) in [5.41, 5.74) is 5.48. The molecule has 6 nitrogen and oxygen atoms in total. The van der Waals surface area contributed by atoms with Gasteiger partial charge < -0.3 is 9.84 Å². The van der Waals surface area contributed by atoms with Gasteiger partial charge in [0.05, 0.1) is 23.5 Å². The van der Waals surface area contributed by atoms with E-state index in [-0.39, 0.29) is 5.75 Å². The Morgan fingerprint density at radius 1 is 1.36 bits per heavy atom. The van der Waals surface area contributed by atoms with Crippen molar-refractivity contribution in [2.75, 3.05) is 12.5 Å². The molecule has 1 aromatic carbocycles. The third-order valence-corrected chi connectivity index (χ3v) is 4.25. The first-order chi connectivity index (χ1) is 10.7. The molecule has 0 fully saturated rings. The zero-order chi connectivity index (χ0) is 15.5. The van der Waals surface area contributed by atoms with Gasteiger partial charge in [0, 0.05) is 5.56 Å². The highest BCUT2D eigenvalue weighted by molar-refractivity contribution is 7.18. The van der Waals surface area contributed by atoms with Crippen LogP contribution in [0.5, 0.6) is 11.5 Å².